The molecule has 0 aliphatic carbocycles. The molecular formula is C14H18N4O2S. The zero-order valence-corrected chi connectivity index (χ0v) is 12.7. The van der Waals surface area contributed by atoms with Gasteiger partial charge in [0.05, 0.1) is 11.5 Å². The van der Waals surface area contributed by atoms with Crippen molar-refractivity contribution in [2.45, 2.75) is 25.8 Å². The smallest absolute Gasteiger partial charge is 0.181 e. The van der Waals surface area contributed by atoms with Gasteiger partial charge in [-0.1, -0.05) is 12.1 Å². The molecule has 7 heteroatoms. The third-order valence-corrected chi connectivity index (χ3v) is 5.36. The number of nitrogens with zero attached hydrogens (tertiary/aromatic N) is 2. The Morgan fingerprint density at radius 2 is 2.05 bits per heavy atom. The van der Waals surface area contributed by atoms with Crippen molar-refractivity contribution in [1.29, 1.82) is 0 Å². The molecule has 2 heterocycles. The second kappa shape index (κ2) is 5.48. The lowest BCUT2D eigenvalue weighted by Crippen LogP contribution is -2.32. The Kier molecular flexibility index (Phi) is 3.67. The van der Waals surface area contributed by atoms with Gasteiger partial charge in [-0.2, -0.15) is 5.10 Å². The third-order valence-electron chi connectivity index (χ3n) is 3.64. The number of H-pyrrole nitrogens is 1. The van der Waals surface area contributed by atoms with E-state index in [-0.39, 0.29) is 17.5 Å². The van der Waals surface area contributed by atoms with Crippen molar-refractivity contribution in [2.75, 3.05) is 16.8 Å². The molecule has 1 aliphatic rings. The van der Waals surface area contributed by atoms with Crippen molar-refractivity contribution in [3.8, 4) is 11.4 Å². The van der Waals surface area contributed by atoms with E-state index in [1.54, 1.807) is 0 Å². The number of aromatic nitrogens is 3. The Morgan fingerprint density at radius 1 is 1.29 bits per heavy atom. The average molecular weight is 306 g/mol. The van der Waals surface area contributed by atoms with Crippen LogP contribution in [0.3, 0.4) is 0 Å². The molecule has 1 saturated heterocycles. The maximum absolute atomic E-state index is 11.4. The summed E-state index contributed by atoms with van der Waals surface area (Å²) in [5.41, 5.74) is 1.91. The van der Waals surface area contributed by atoms with Gasteiger partial charge in [-0.15, -0.1) is 0 Å². The molecule has 0 atom stereocenters. The summed E-state index contributed by atoms with van der Waals surface area (Å²) < 4.78 is 22.9. The summed E-state index contributed by atoms with van der Waals surface area (Å²) >= 11 is 0. The van der Waals surface area contributed by atoms with Crippen LogP contribution >= 0.6 is 0 Å². The molecule has 0 unspecified atom stereocenters. The minimum atomic E-state index is -2.82. The van der Waals surface area contributed by atoms with Crippen molar-refractivity contribution in [2.24, 2.45) is 0 Å². The van der Waals surface area contributed by atoms with E-state index >= 15 is 0 Å². The number of benzene rings is 1. The van der Waals surface area contributed by atoms with Crippen LogP contribution in [-0.4, -0.2) is 41.1 Å². The largest absolute Gasteiger partial charge is 0.382 e. The number of rotatable bonds is 3. The van der Waals surface area contributed by atoms with E-state index in [0.717, 1.165) is 17.1 Å². The predicted molar refractivity (Wildman–Crippen MR) is 81.9 cm³/mol. The molecule has 1 aliphatic heterocycles. The van der Waals surface area contributed by atoms with Gasteiger partial charge in [0.25, 0.3) is 0 Å². The summed E-state index contributed by atoms with van der Waals surface area (Å²) in [6, 6.07) is 8.08. The fourth-order valence-electron chi connectivity index (χ4n) is 2.49. The van der Waals surface area contributed by atoms with E-state index in [0.29, 0.717) is 18.7 Å². The minimum Gasteiger partial charge on any atom is -0.382 e. The van der Waals surface area contributed by atoms with Gasteiger partial charge in [0.2, 0.25) is 0 Å². The molecule has 6 nitrogen and oxygen atoms in total. The lowest BCUT2D eigenvalue weighted by atomic mass is 10.1. The Labute approximate surface area is 123 Å². The fraction of sp³-hybridized carbons (Fsp3) is 0.429. The molecular weight excluding hydrogens is 288 g/mol. The zero-order valence-electron chi connectivity index (χ0n) is 11.8. The molecule has 1 fully saturated rings. The first-order valence-electron chi connectivity index (χ1n) is 6.98. The van der Waals surface area contributed by atoms with Crippen LogP contribution in [-0.2, 0) is 9.84 Å². The first-order valence-corrected chi connectivity index (χ1v) is 8.80. The molecule has 0 amide bonds. The van der Waals surface area contributed by atoms with Gasteiger partial charge in [0.15, 0.2) is 5.82 Å². The van der Waals surface area contributed by atoms with E-state index in [1.165, 1.54) is 0 Å². The summed E-state index contributed by atoms with van der Waals surface area (Å²) in [6.45, 7) is 1.86. The monoisotopic (exact) mass is 306 g/mol. The highest BCUT2D eigenvalue weighted by Crippen LogP contribution is 2.22. The Balaban J connectivity index is 1.72. The van der Waals surface area contributed by atoms with Crippen molar-refractivity contribution in [3.05, 3.63) is 30.1 Å². The number of aromatic amines is 1. The van der Waals surface area contributed by atoms with Crippen LogP contribution in [0.1, 0.15) is 18.7 Å². The van der Waals surface area contributed by atoms with Crippen molar-refractivity contribution >= 4 is 15.5 Å². The number of nitrogens with one attached hydrogen (secondary N) is 2. The summed E-state index contributed by atoms with van der Waals surface area (Å²) in [6.07, 6.45) is 1.32. The van der Waals surface area contributed by atoms with Crippen molar-refractivity contribution in [1.82, 2.24) is 15.2 Å². The van der Waals surface area contributed by atoms with E-state index in [1.807, 2.05) is 31.2 Å². The molecule has 0 bridgehead atoms. The molecule has 3 rings (SSSR count). The molecule has 1 aromatic heterocycles. The molecule has 2 N–H and O–H groups in total. The number of hydrogen-bond acceptors (Lipinski definition) is 5. The van der Waals surface area contributed by atoms with Gasteiger partial charge in [-0.25, -0.2) is 13.4 Å². The fourth-order valence-corrected chi connectivity index (χ4v) is 3.98. The van der Waals surface area contributed by atoms with Crippen LogP contribution in [0.5, 0.6) is 0 Å². The van der Waals surface area contributed by atoms with Crippen LogP contribution in [0.2, 0.25) is 0 Å². The first-order chi connectivity index (χ1) is 10.0. The Hall–Kier alpha value is -1.89. The second-order valence-corrected chi connectivity index (χ2v) is 7.70. The van der Waals surface area contributed by atoms with Gasteiger partial charge >= 0.3 is 0 Å². The standard InChI is InChI=1S/C14H18N4O2S/c1-10-15-14(18-17-10)11-3-2-4-13(9-11)16-12-5-7-21(19,20)8-6-12/h2-4,9,12,16H,5-8H2,1H3,(H,15,17,18). The predicted octanol–water partition coefficient (Wildman–Crippen LogP) is 1.77. The maximum Gasteiger partial charge on any atom is 0.181 e. The van der Waals surface area contributed by atoms with Gasteiger partial charge in [0.1, 0.15) is 15.7 Å². The summed E-state index contributed by atoms with van der Waals surface area (Å²) in [7, 11) is -2.82. The average Bonchev–Trinajstić information content (AvgIpc) is 2.88. The van der Waals surface area contributed by atoms with E-state index in [9.17, 15) is 8.42 Å². The zero-order chi connectivity index (χ0) is 14.9. The summed E-state index contributed by atoms with van der Waals surface area (Å²) in [5, 5.41) is 10.4. The van der Waals surface area contributed by atoms with E-state index in [4.69, 9.17) is 0 Å². The Morgan fingerprint density at radius 3 is 2.71 bits per heavy atom. The highest BCUT2D eigenvalue weighted by molar-refractivity contribution is 7.91. The molecule has 112 valence electrons. The van der Waals surface area contributed by atoms with E-state index in [2.05, 4.69) is 20.5 Å². The minimum absolute atomic E-state index is 0.206. The topological polar surface area (TPSA) is 87.7 Å². The van der Waals surface area contributed by atoms with Crippen LogP contribution in [0, 0.1) is 6.92 Å². The second-order valence-electron chi connectivity index (χ2n) is 5.40. The number of sulfone groups is 1. The molecule has 0 radical (unpaired) electrons. The van der Waals surface area contributed by atoms with Crippen LogP contribution in [0.4, 0.5) is 5.69 Å². The van der Waals surface area contributed by atoms with E-state index < -0.39 is 9.84 Å². The highest BCUT2D eigenvalue weighted by atomic mass is 32.2. The van der Waals surface area contributed by atoms with Crippen LogP contribution in [0.15, 0.2) is 24.3 Å². The molecule has 0 spiro atoms. The van der Waals surface area contributed by atoms with Crippen molar-refractivity contribution in [3.63, 3.8) is 0 Å². The summed E-state index contributed by atoms with van der Waals surface area (Å²) in [5.74, 6) is 1.98. The number of anilines is 1. The maximum atomic E-state index is 11.4. The lowest BCUT2D eigenvalue weighted by molar-refractivity contribution is 0.559. The Bertz CT molecular complexity index is 725. The SMILES string of the molecule is Cc1nc(-c2cccc(NC3CCS(=O)(=O)CC3)c2)n[nH]1. The number of aryl methyl sites for hydroxylation is 1. The normalized spacial score (nSPS) is 18.5. The van der Waals surface area contributed by atoms with Crippen molar-refractivity contribution < 1.29 is 8.42 Å². The molecule has 2 aromatic rings. The quantitative estimate of drug-likeness (QED) is 0.902. The van der Waals surface area contributed by atoms with Crippen LogP contribution in [0.25, 0.3) is 11.4 Å². The molecule has 0 saturated carbocycles. The molecule has 1 aromatic carbocycles. The van der Waals surface area contributed by atoms with Gasteiger partial charge in [-0.3, -0.25) is 5.10 Å². The van der Waals surface area contributed by atoms with Gasteiger partial charge in [0, 0.05) is 17.3 Å². The highest BCUT2D eigenvalue weighted by Gasteiger charge is 2.23. The van der Waals surface area contributed by atoms with Gasteiger partial charge < -0.3 is 5.32 Å². The summed E-state index contributed by atoms with van der Waals surface area (Å²) in [4.78, 5) is 4.31. The third kappa shape index (κ3) is 3.41. The van der Waals surface area contributed by atoms with Crippen LogP contribution < -0.4 is 5.32 Å². The first kappa shape index (κ1) is 14.1. The number of hydrogen-bond donors (Lipinski definition) is 2. The lowest BCUT2D eigenvalue weighted by Gasteiger charge is -2.24. The molecule has 21 heavy (non-hydrogen) atoms. The van der Waals surface area contributed by atoms with Gasteiger partial charge in [-0.05, 0) is 31.9 Å².